The van der Waals surface area contributed by atoms with Gasteiger partial charge in [0.25, 0.3) is 0 Å². The van der Waals surface area contributed by atoms with E-state index in [1.54, 1.807) is 0 Å². The van der Waals surface area contributed by atoms with Crippen LogP contribution < -0.4 is 11.1 Å². The van der Waals surface area contributed by atoms with Gasteiger partial charge in [-0.15, -0.1) is 11.8 Å². The molecule has 0 saturated carbocycles. The van der Waals surface area contributed by atoms with E-state index in [9.17, 15) is 0 Å². The highest BCUT2D eigenvalue weighted by atomic mass is 32.2. The molecule has 0 bridgehead atoms. The molecular weight excluding hydrogens is 368 g/mol. The lowest BCUT2D eigenvalue weighted by molar-refractivity contribution is 0.0777. The molecular formula is C22H30N4OS. The summed E-state index contributed by atoms with van der Waals surface area (Å²) in [5, 5.41) is 4.34. The number of ether oxygens (including phenoxy) is 1. The number of nitrogens with two attached hydrogens (primary N) is 1. The molecule has 150 valence electrons. The van der Waals surface area contributed by atoms with Crippen molar-refractivity contribution in [3.8, 4) is 11.8 Å². The van der Waals surface area contributed by atoms with Crippen molar-refractivity contribution in [3.05, 3.63) is 35.1 Å². The Bertz CT molecular complexity index is 767. The maximum absolute atomic E-state index is 6.22. The second-order valence-corrected chi connectivity index (χ2v) is 9.15. The maximum atomic E-state index is 6.22. The van der Waals surface area contributed by atoms with Gasteiger partial charge in [0.1, 0.15) is 5.84 Å². The SMILES string of the molecule is CC(NC1CCOCC1)SC(CN)C1=CN2CCN=C2C(C2=CCCC#C2)=C1. The number of nitrogens with one attached hydrogen (secondary N) is 1. The Morgan fingerprint density at radius 3 is 3.04 bits per heavy atom. The third kappa shape index (κ3) is 4.55. The number of hydrogen-bond donors (Lipinski definition) is 2. The molecule has 0 radical (unpaired) electrons. The average molecular weight is 399 g/mol. The van der Waals surface area contributed by atoms with Crippen molar-refractivity contribution in [1.29, 1.82) is 0 Å². The number of fused-ring (bicyclic) bond motifs is 1. The van der Waals surface area contributed by atoms with Gasteiger partial charge in [0.15, 0.2) is 0 Å². The summed E-state index contributed by atoms with van der Waals surface area (Å²) >= 11 is 1.92. The van der Waals surface area contributed by atoms with Gasteiger partial charge in [-0.3, -0.25) is 4.99 Å². The number of allylic oxidation sites excluding steroid dienone is 2. The van der Waals surface area contributed by atoms with Crippen LogP contribution in [0, 0.1) is 11.8 Å². The van der Waals surface area contributed by atoms with Crippen molar-refractivity contribution < 1.29 is 4.74 Å². The van der Waals surface area contributed by atoms with E-state index in [4.69, 9.17) is 15.5 Å². The van der Waals surface area contributed by atoms with Crippen LogP contribution in [0.2, 0.25) is 0 Å². The van der Waals surface area contributed by atoms with Crippen LogP contribution in [0.5, 0.6) is 0 Å². The zero-order valence-corrected chi connectivity index (χ0v) is 17.4. The van der Waals surface area contributed by atoms with E-state index >= 15 is 0 Å². The molecule has 1 aliphatic carbocycles. The van der Waals surface area contributed by atoms with E-state index in [1.807, 2.05) is 11.8 Å². The number of aliphatic imine (C=N–C) groups is 1. The fourth-order valence-electron chi connectivity index (χ4n) is 4.08. The molecule has 6 heteroatoms. The zero-order valence-electron chi connectivity index (χ0n) is 16.6. The molecule has 2 atom stereocenters. The summed E-state index contributed by atoms with van der Waals surface area (Å²) < 4.78 is 5.47. The molecule has 0 spiro atoms. The van der Waals surface area contributed by atoms with E-state index in [2.05, 4.69) is 47.3 Å². The Kier molecular flexibility index (Phi) is 6.58. The summed E-state index contributed by atoms with van der Waals surface area (Å²) in [6.45, 7) is 6.37. The Balaban J connectivity index is 1.49. The zero-order chi connectivity index (χ0) is 19.3. The predicted molar refractivity (Wildman–Crippen MR) is 117 cm³/mol. The molecule has 0 aromatic rings. The van der Waals surface area contributed by atoms with E-state index in [1.165, 1.54) is 11.1 Å². The third-order valence-corrected chi connectivity index (χ3v) is 6.85. The van der Waals surface area contributed by atoms with E-state index < -0.39 is 0 Å². The van der Waals surface area contributed by atoms with Gasteiger partial charge in [-0.1, -0.05) is 17.9 Å². The van der Waals surface area contributed by atoms with Crippen molar-refractivity contribution >= 4 is 17.6 Å². The minimum atomic E-state index is 0.247. The molecule has 5 nitrogen and oxygen atoms in total. The minimum absolute atomic E-state index is 0.247. The van der Waals surface area contributed by atoms with Crippen LogP contribution in [0.25, 0.3) is 0 Å². The first-order valence-electron chi connectivity index (χ1n) is 10.4. The molecule has 1 saturated heterocycles. The fraction of sp³-hybridized carbons (Fsp3) is 0.591. The predicted octanol–water partition coefficient (Wildman–Crippen LogP) is 2.42. The normalized spacial score (nSPS) is 24.3. The largest absolute Gasteiger partial charge is 0.381 e. The van der Waals surface area contributed by atoms with Gasteiger partial charge in [0, 0.05) is 61.4 Å². The summed E-state index contributed by atoms with van der Waals surface area (Å²) in [6, 6.07) is 0.543. The van der Waals surface area contributed by atoms with Crippen LogP contribution in [0.1, 0.15) is 32.6 Å². The van der Waals surface area contributed by atoms with Gasteiger partial charge >= 0.3 is 0 Å². The molecule has 28 heavy (non-hydrogen) atoms. The number of hydrogen-bond acceptors (Lipinski definition) is 6. The highest BCUT2D eigenvalue weighted by molar-refractivity contribution is 8.00. The van der Waals surface area contributed by atoms with Crippen molar-refractivity contribution in [3.63, 3.8) is 0 Å². The van der Waals surface area contributed by atoms with Gasteiger partial charge in [-0.05, 0) is 37.8 Å². The Hall–Kier alpha value is -1.52. The Morgan fingerprint density at radius 1 is 1.43 bits per heavy atom. The van der Waals surface area contributed by atoms with E-state index in [0.717, 1.165) is 63.4 Å². The van der Waals surface area contributed by atoms with E-state index in [-0.39, 0.29) is 5.25 Å². The van der Waals surface area contributed by atoms with Crippen LogP contribution >= 0.6 is 11.8 Å². The molecule has 3 N–H and O–H groups in total. The molecule has 3 aliphatic heterocycles. The van der Waals surface area contributed by atoms with Crippen molar-refractivity contribution in [2.45, 2.75) is 49.3 Å². The smallest absolute Gasteiger partial charge is 0.136 e. The van der Waals surface area contributed by atoms with Crippen LogP contribution in [0.4, 0.5) is 0 Å². The Morgan fingerprint density at radius 2 is 2.29 bits per heavy atom. The summed E-state index contributed by atoms with van der Waals surface area (Å²) in [7, 11) is 0. The first kappa shape index (κ1) is 19.8. The van der Waals surface area contributed by atoms with Crippen LogP contribution in [-0.4, -0.2) is 60.2 Å². The monoisotopic (exact) mass is 398 g/mol. The molecule has 2 unspecified atom stereocenters. The van der Waals surface area contributed by atoms with Crippen molar-refractivity contribution in [2.75, 3.05) is 32.8 Å². The second-order valence-electron chi connectivity index (χ2n) is 7.60. The van der Waals surface area contributed by atoms with E-state index in [0.29, 0.717) is 18.0 Å². The van der Waals surface area contributed by atoms with Gasteiger partial charge in [0.05, 0.1) is 11.9 Å². The topological polar surface area (TPSA) is 62.9 Å². The first-order valence-corrected chi connectivity index (χ1v) is 11.3. The summed E-state index contributed by atoms with van der Waals surface area (Å²) in [4.78, 5) is 7.01. The summed E-state index contributed by atoms with van der Waals surface area (Å²) in [5.74, 6) is 7.64. The number of nitrogens with zero attached hydrogens (tertiary/aromatic N) is 2. The molecule has 1 fully saturated rings. The third-order valence-electron chi connectivity index (χ3n) is 5.51. The van der Waals surface area contributed by atoms with Gasteiger partial charge in [-0.25, -0.2) is 0 Å². The molecule has 0 aromatic heterocycles. The highest BCUT2D eigenvalue weighted by Gasteiger charge is 2.29. The maximum Gasteiger partial charge on any atom is 0.136 e. The second kappa shape index (κ2) is 9.32. The Labute approximate surface area is 172 Å². The van der Waals surface area contributed by atoms with Gasteiger partial charge in [0.2, 0.25) is 0 Å². The molecule has 4 rings (SSSR count). The number of rotatable bonds is 7. The number of amidine groups is 1. The minimum Gasteiger partial charge on any atom is -0.381 e. The molecule has 0 amide bonds. The first-order chi connectivity index (χ1) is 13.7. The fourth-order valence-corrected chi connectivity index (χ4v) is 5.24. The summed E-state index contributed by atoms with van der Waals surface area (Å²) in [5.41, 5.74) is 9.79. The lowest BCUT2D eigenvalue weighted by Gasteiger charge is -2.31. The van der Waals surface area contributed by atoms with Crippen LogP contribution in [0.3, 0.4) is 0 Å². The quantitative estimate of drug-likeness (QED) is 0.509. The van der Waals surface area contributed by atoms with Crippen LogP contribution in [0.15, 0.2) is 40.1 Å². The number of thioether (sulfide) groups is 1. The van der Waals surface area contributed by atoms with Gasteiger partial charge < -0.3 is 20.7 Å². The van der Waals surface area contributed by atoms with Crippen molar-refractivity contribution in [2.24, 2.45) is 10.7 Å². The lowest BCUT2D eigenvalue weighted by atomic mass is 9.95. The summed E-state index contributed by atoms with van der Waals surface area (Å²) in [6.07, 6.45) is 10.9. The van der Waals surface area contributed by atoms with Crippen LogP contribution in [-0.2, 0) is 4.74 Å². The molecule has 4 aliphatic rings. The van der Waals surface area contributed by atoms with Gasteiger partial charge in [-0.2, -0.15) is 0 Å². The highest BCUT2D eigenvalue weighted by Crippen LogP contribution is 2.32. The molecule has 0 aromatic carbocycles. The average Bonchev–Trinajstić information content (AvgIpc) is 3.21. The van der Waals surface area contributed by atoms with Crippen molar-refractivity contribution in [1.82, 2.24) is 10.2 Å². The standard InChI is InChI=1S/C22H30N4OS/c1-16(25-19-7-11-27-12-8-19)28-21(14-23)18-13-20(17-5-3-2-4-6-17)22-24-9-10-26(22)15-18/h5,13,15-16,19,21,25H,2-3,7-12,14,23H2,1H3. The lowest BCUT2D eigenvalue weighted by Crippen LogP contribution is -2.40. The molecule has 3 heterocycles.